The van der Waals surface area contributed by atoms with Crippen molar-refractivity contribution in [2.75, 3.05) is 18.6 Å². The topological polar surface area (TPSA) is 71.5 Å². The van der Waals surface area contributed by atoms with E-state index in [0.29, 0.717) is 18.2 Å². The van der Waals surface area contributed by atoms with E-state index in [9.17, 15) is 9.59 Å². The van der Waals surface area contributed by atoms with Gasteiger partial charge in [0.15, 0.2) is 0 Å². The quantitative estimate of drug-likeness (QED) is 0.900. The van der Waals surface area contributed by atoms with Crippen LogP contribution in [0.3, 0.4) is 0 Å². The molecule has 0 aromatic carbocycles. The van der Waals surface area contributed by atoms with Crippen molar-refractivity contribution in [1.29, 1.82) is 0 Å². The van der Waals surface area contributed by atoms with Crippen molar-refractivity contribution in [3.05, 3.63) is 17.7 Å². The maximum atomic E-state index is 11.7. The Balaban J connectivity index is 2.31. The van der Waals surface area contributed by atoms with Crippen LogP contribution in [0.2, 0.25) is 0 Å². The van der Waals surface area contributed by atoms with Gasteiger partial charge in [-0.15, -0.1) is 0 Å². The molecule has 1 saturated heterocycles. The molecule has 0 radical (unpaired) electrons. The van der Waals surface area contributed by atoms with Gasteiger partial charge in [0.2, 0.25) is 11.8 Å². The van der Waals surface area contributed by atoms with Crippen LogP contribution < -0.4 is 15.0 Å². The van der Waals surface area contributed by atoms with Gasteiger partial charge in [0.1, 0.15) is 5.82 Å². The number of aromatic nitrogens is 1. The molecule has 6 heteroatoms. The fraction of sp³-hybridized carbons (Fsp3) is 0.462. The number of methoxy groups -OCH3 is 1. The first-order valence-electron chi connectivity index (χ1n) is 6.19. The number of hydrogen-bond acceptors (Lipinski definition) is 4. The summed E-state index contributed by atoms with van der Waals surface area (Å²) in [6, 6.07) is 3.23. The number of ether oxygens (including phenoxy) is 1. The average Bonchev–Trinajstić information content (AvgIpc) is 2.37. The van der Waals surface area contributed by atoms with Gasteiger partial charge in [0.05, 0.1) is 7.11 Å². The number of hydrogen-bond donors (Lipinski definition) is 1. The summed E-state index contributed by atoms with van der Waals surface area (Å²) in [7, 11) is 1.55. The van der Waals surface area contributed by atoms with Gasteiger partial charge >= 0.3 is 6.03 Å². The fourth-order valence-electron chi connectivity index (χ4n) is 1.98. The minimum atomic E-state index is -0.442. The number of rotatable bonds is 3. The lowest BCUT2D eigenvalue weighted by molar-refractivity contribution is -0.120. The molecule has 2 heterocycles. The summed E-state index contributed by atoms with van der Waals surface area (Å²) < 4.78 is 5.26. The van der Waals surface area contributed by atoms with Gasteiger partial charge in [-0.1, -0.05) is 13.8 Å². The van der Waals surface area contributed by atoms with Gasteiger partial charge in [-0.2, -0.15) is 4.98 Å². The van der Waals surface area contributed by atoms with E-state index in [1.807, 2.05) is 19.9 Å². The van der Waals surface area contributed by atoms with Crippen molar-refractivity contribution >= 4 is 17.8 Å². The van der Waals surface area contributed by atoms with Gasteiger partial charge in [0.25, 0.3) is 0 Å². The Morgan fingerprint density at radius 1 is 1.37 bits per heavy atom. The minimum Gasteiger partial charge on any atom is -0.481 e. The van der Waals surface area contributed by atoms with Crippen molar-refractivity contribution < 1.29 is 14.3 Å². The molecule has 0 atom stereocenters. The summed E-state index contributed by atoms with van der Waals surface area (Å²) in [5, 5.41) is 2.27. The second-order valence-electron chi connectivity index (χ2n) is 4.68. The predicted molar refractivity (Wildman–Crippen MR) is 70.4 cm³/mol. The van der Waals surface area contributed by atoms with E-state index in [2.05, 4.69) is 10.3 Å². The first kappa shape index (κ1) is 13.3. The number of carbonyl (C=O) groups is 2. The van der Waals surface area contributed by atoms with Gasteiger partial charge < -0.3 is 4.74 Å². The van der Waals surface area contributed by atoms with E-state index < -0.39 is 6.03 Å². The SMILES string of the molecule is COc1nc(N2CCC(=O)NC2=O)ccc1C(C)C. The molecule has 3 amide bonds. The number of urea groups is 1. The Kier molecular flexibility index (Phi) is 3.69. The third-order valence-electron chi connectivity index (χ3n) is 3.02. The van der Waals surface area contributed by atoms with Crippen LogP contribution in [0.4, 0.5) is 10.6 Å². The monoisotopic (exact) mass is 263 g/mol. The molecule has 0 saturated carbocycles. The summed E-state index contributed by atoms with van der Waals surface area (Å²) in [5.41, 5.74) is 0.986. The number of carbonyl (C=O) groups excluding carboxylic acids is 2. The highest BCUT2D eigenvalue weighted by Gasteiger charge is 2.25. The van der Waals surface area contributed by atoms with E-state index in [4.69, 9.17) is 4.74 Å². The number of amides is 3. The number of pyridine rings is 1. The van der Waals surface area contributed by atoms with Crippen LogP contribution in [-0.2, 0) is 4.79 Å². The second-order valence-corrected chi connectivity index (χ2v) is 4.68. The molecule has 1 aromatic heterocycles. The van der Waals surface area contributed by atoms with Gasteiger partial charge in [-0.3, -0.25) is 15.0 Å². The van der Waals surface area contributed by atoms with Crippen LogP contribution in [0, 0.1) is 0 Å². The Labute approximate surface area is 111 Å². The lowest BCUT2D eigenvalue weighted by Gasteiger charge is -2.26. The normalized spacial score (nSPS) is 15.7. The number of anilines is 1. The van der Waals surface area contributed by atoms with Crippen molar-refractivity contribution in [3.63, 3.8) is 0 Å². The Morgan fingerprint density at radius 3 is 2.68 bits per heavy atom. The van der Waals surface area contributed by atoms with Crippen LogP contribution in [0.1, 0.15) is 31.7 Å². The Morgan fingerprint density at radius 2 is 2.11 bits per heavy atom. The summed E-state index contributed by atoms with van der Waals surface area (Å²) >= 11 is 0. The molecule has 0 aliphatic carbocycles. The number of nitrogens with zero attached hydrogens (tertiary/aromatic N) is 2. The summed E-state index contributed by atoms with van der Waals surface area (Å²) in [5.74, 6) is 1.03. The molecule has 0 unspecified atom stereocenters. The minimum absolute atomic E-state index is 0.257. The summed E-state index contributed by atoms with van der Waals surface area (Å²) in [4.78, 5) is 28.6. The molecule has 1 N–H and O–H groups in total. The smallest absolute Gasteiger partial charge is 0.329 e. The van der Waals surface area contributed by atoms with Crippen LogP contribution in [0.15, 0.2) is 12.1 Å². The molecular formula is C13H17N3O3. The largest absolute Gasteiger partial charge is 0.481 e. The van der Waals surface area contributed by atoms with Crippen LogP contribution in [0.5, 0.6) is 5.88 Å². The van der Waals surface area contributed by atoms with E-state index in [1.54, 1.807) is 13.2 Å². The van der Waals surface area contributed by atoms with Crippen molar-refractivity contribution in [1.82, 2.24) is 10.3 Å². The molecule has 1 aliphatic rings. The molecule has 6 nitrogen and oxygen atoms in total. The van der Waals surface area contributed by atoms with Crippen molar-refractivity contribution in [2.24, 2.45) is 0 Å². The van der Waals surface area contributed by atoms with Crippen LogP contribution in [-0.4, -0.2) is 30.6 Å². The molecule has 19 heavy (non-hydrogen) atoms. The van der Waals surface area contributed by atoms with Gasteiger partial charge in [-0.05, 0) is 18.1 Å². The van der Waals surface area contributed by atoms with Gasteiger partial charge in [0, 0.05) is 18.5 Å². The van der Waals surface area contributed by atoms with Crippen molar-refractivity contribution in [3.8, 4) is 5.88 Å². The van der Waals surface area contributed by atoms with E-state index in [-0.39, 0.29) is 18.2 Å². The van der Waals surface area contributed by atoms with Crippen LogP contribution >= 0.6 is 0 Å². The summed E-state index contributed by atoms with van der Waals surface area (Å²) in [6.07, 6.45) is 0.279. The predicted octanol–water partition coefficient (Wildman–Crippen LogP) is 1.66. The first-order valence-corrected chi connectivity index (χ1v) is 6.19. The maximum Gasteiger partial charge on any atom is 0.329 e. The lowest BCUT2D eigenvalue weighted by Crippen LogP contribution is -2.49. The van der Waals surface area contributed by atoms with Crippen LogP contribution in [0.25, 0.3) is 0 Å². The molecular weight excluding hydrogens is 246 g/mol. The lowest BCUT2D eigenvalue weighted by atomic mass is 10.1. The van der Waals surface area contributed by atoms with E-state index >= 15 is 0 Å². The average molecular weight is 263 g/mol. The molecule has 0 spiro atoms. The maximum absolute atomic E-state index is 11.7. The standard InChI is InChI=1S/C13H17N3O3/c1-8(2)9-4-5-10(14-12(9)19-3)16-7-6-11(17)15-13(16)18/h4-5,8H,6-7H2,1-3H3,(H,15,17,18). The third kappa shape index (κ3) is 2.67. The highest BCUT2D eigenvalue weighted by Crippen LogP contribution is 2.27. The molecule has 2 rings (SSSR count). The highest BCUT2D eigenvalue weighted by atomic mass is 16.5. The van der Waals surface area contributed by atoms with Gasteiger partial charge in [-0.25, -0.2) is 4.79 Å². The molecule has 1 fully saturated rings. The van der Waals surface area contributed by atoms with Crippen molar-refractivity contribution in [2.45, 2.75) is 26.2 Å². The zero-order valence-electron chi connectivity index (χ0n) is 11.3. The van der Waals surface area contributed by atoms with E-state index in [1.165, 1.54) is 4.90 Å². The third-order valence-corrected chi connectivity index (χ3v) is 3.02. The fourth-order valence-corrected chi connectivity index (χ4v) is 1.98. The number of nitrogens with one attached hydrogen (secondary N) is 1. The first-order chi connectivity index (χ1) is 9.02. The second kappa shape index (κ2) is 5.26. The molecule has 1 aromatic rings. The molecule has 1 aliphatic heterocycles. The molecule has 102 valence electrons. The van der Waals surface area contributed by atoms with E-state index in [0.717, 1.165) is 5.56 Å². The highest BCUT2D eigenvalue weighted by molar-refractivity contribution is 6.05. The number of imide groups is 1. The zero-order valence-corrected chi connectivity index (χ0v) is 11.3. The Hall–Kier alpha value is -2.11. The Bertz CT molecular complexity index is 514. The zero-order chi connectivity index (χ0) is 14.0. The summed E-state index contributed by atoms with van der Waals surface area (Å²) in [6.45, 7) is 4.43. The molecule has 0 bridgehead atoms.